The Morgan fingerprint density at radius 1 is 1.45 bits per heavy atom. The van der Waals surface area contributed by atoms with E-state index in [0.717, 1.165) is 5.56 Å². The van der Waals surface area contributed by atoms with Gasteiger partial charge in [-0.15, -0.1) is 0 Å². The smallest absolute Gasteiger partial charge is 0.273 e. The lowest BCUT2D eigenvalue weighted by Crippen LogP contribution is -2.36. The highest BCUT2D eigenvalue weighted by molar-refractivity contribution is 7.99. The van der Waals surface area contributed by atoms with E-state index < -0.39 is 5.72 Å². The van der Waals surface area contributed by atoms with E-state index in [2.05, 4.69) is 4.98 Å². The molecule has 0 radical (unpaired) electrons. The first-order valence-electron chi connectivity index (χ1n) is 6.15. The molecule has 1 aliphatic heterocycles. The van der Waals surface area contributed by atoms with Gasteiger partial charge >= 0.3 is 0 Å². The molecule has 0 amide bonds. The van der Waals surface area contributed by atoms with Crippen LogP contribution in [0.25, 0.3) is 0 Å². The number of aryl methyl sites for hydroxylation is 1. The van der Waals surface area contributed by atoms with Gasteiger partial charge in [-0.1, -0.05) is 23.9 Å². The molecule has 0 fully saturated rings. The van der Waals surface area contributed by atoms with Crippen molar-refractivity contribution >= 4 is 11.8 Å². The van der Waals surface area contributed by atoms with Crippen LogP contribution in [0.3, 0.4) is 0 Å². The van der Waals surface area contributed by atoms with Crippen molar-refractivity contribution in [2.45, 2.75) is 17.8 Å². The van der Waals surface area contributed by atoms with Gasteiger partial charge in [0, 0.05) is 17.3 Å². The number of hydrogen-bond acceptors (Lipinski definition) is 5. The van der Waals surface area contributed by atoms with Crippen molar-refractivity contribution in [2.75, 3.05) is 12.9 Å². The van der Waals surface area contributed by atoms with E-state index in [4.69, 9.17) is 4.74 Å². The lowest BCUT2D eigenvalue weighted by atomic mass is 10.0. The zero-order valence-electron chi connectivity index (χ0n) is 11.2. The van der Waals surface area contributed by atoms with Gasteiger partial charge in [-0.25, -0.2) is 0 Å². The Hall–Kier alpha value is -1.79. The molecule has 1 aliphatic rings. The van der Waals surface area contributed by atoms with Gasteiger partial charge in [0.15, 0.2) is 10.9 Å². The van der Waals surface area contributed by atoms with Crippen LogP contribution in [0.5, 0.6) is 5.75 Å². The fourth-order valence-corrected chi connectivity index (χ4v) is 3.64. The topological polar surface area (TPSA) is 64.3 Å². The summed E-state index contributed by atoms with van der Waals surface area (Å²) in [5.41, 5.74) is -0.0811. The Morgan fingerprint density at radius 2 is 2.25 bits per heavy atom. The highest BCUT2D eigenvalue weighted by Gasteiger charge is 2.40. The molecule has 5 nitrogen and oxygen atoms in total. The van der Waals surface area contributed by atoms with Gasteiger partial charge in [0.2, 0.25) is 0 Å². The van der Waals surface area contributed by atoms with Crippen LogP contribution in [-0.4, -0.2) is 27.5 Å². The molecule has 2 heterocycles. The minimum absolute atomic E-state index is 0.281. The molecule has 0 aliphatic carbocycles. The molecule has 0 saturated heterocycles. The maximum Gasteiger partial charge on any atom is 0.273 e. The Labute approximate surface area is 120 Å². The van der Waals surface area contributed by atoms with E-state index >= 15 is 0 Å². The Morgan fingerprint density at radius 3 is 3.00 bits per heavy atom. The average Bonchev–Trinajstić information content (AvgIpc) is 2.77. The summed E-state index contributed by atoms with van der Waals surface area (Å²) in [6.07, 6.45) is 0. The van der Waals surface area contributed by atoms with Gasteiger partial charge in [0.05, 0.1) is 12.9 Å². The van der Waals surface area contributed by atoms with Gasteiger partial charge in [-0.3, -0.25) is 9.36 Å². The third-order valence-electron chi connectivity index (χ3n) is 3.39. The largest absolute Gasteiger partial charge is 0.497 e. The standard InChI is InChI=1S/C14H14N2O3S/c1-9-6-12(17)15-13-16(9)14(18,8-20-13)10-4-3-5-11(7-10)19-2/h3-7,18H,8H2,1-2H3. The van der Waals surface area contributed by atoms with Crippen molar-refractivity contribution in [3.63, 3.8) is 0 Å². The average molecular weight is 290 g/mol. The number of nitrogens with zero attached hydrogens (tertiary/aromatic N) is 2. The zero-order chi connectivity index (χ0) is 14.3. The van der Waals surface area contributed by atoms with Gasteiger partial charge < -0.3 is 9.84 Å². The van der Waals surface area contributed by atoms with E-state index in [-0.39, 0.29) is 5.56 Å². The van der Waals surface area contributed by atoms with E-state index in [9.17, 15) is 9.90 Å². The molecule has 0 saturated carbocycles. The zero-order valence-corrected chi connectivity index (χ0v) is 12.0. The fourth-order valence-electron chi connectivity index (χ4n) is 2.43. The van der Waals surface area contributed by atoms with Gasteiger partial charge in [-0.2, -0.15) is 4.98 Å². The van der Waals surface area contributed by atoms with E-state index in [1.165, 1.54) is 17.8 Å². The number of aliphatic hydroxyl groups is 1. The normalized spacial score (nSPS) is 20.8. The number of benzene rings is 1. The molecule has 1 unspecified atom stereocenters. The summed E-state index contributed by atoms with van der Waals surface area (Å²) < 4.78 is 6.91. The van der Waals surface area contributed by atoms with E-state index in [1.54, 1.807) is 24.7 Å². The summed E-state index contributed by atoms with van der Waals surface area (Å²) in [7, 11) is 1.59. The Bertz CT molecular complexity index is 729. The molecule has 104 valence electrons. The lowest BCUT2D eigenvalue weighted by molar-refractivity contribution is 0.0246. The van der Waals surface area contributed by atoms with Crippen LogP contribution in [0.1, 0.15) is 11.3 Å². The molecular weight excluding hydrogens is 276 g/mol. The molecule has 20 heavy (non-hydrogen) atoms. The molecule has 6 heteroatoms. The van der Waals surface area contributed by atoms with Crippen LogP contribution in [-0.2, 0) is 5.72 Å². The molecule has 1 aromatic heterocycles. The third-order valence-corrected chi connectivity index (χ3v) is 4.47. The summed E-state index contributed by atoms with van der Waals surface area (Å²) in [4.78, 5) is 15.4. The molecule has 2 aromatic rings. The van der Waals surface area contributed by atoms with Crippen molar-refractivity contribution in [3.05, 3.63) is 51.9 Å². The van der Waals surface area contributed by atoms with E-state index in [1.807, 2.05) is 18.2 Å². The van der Waals surface area contributed by atoms with Gasteiger partial charge in [-0.05, 0) is 19.1 Å². The van der Waals surface area contributed by atoms with Gasteiger partial charge in [0.1, 0.15) is 5.75 Å². The summed E-state index contributed by atoms with van der Waals surface area (Å²) in [5, 5.41) is 11.6. The Kier molecular flexibility index (Phi) is 3.07. The number of ether oxygens (including phenoxy) is 1. The van der Waals surface area contributed by atoms with E-state index in [0.29, 0.717) is 22.4 Å². The minimum Gasteiger partial charge on any atom is -0.497 e. The maximum absolute atomic E-state index is 11.5. The highest BCUT2D eigenvalue weighted by atomic mass is 32.2. The number of fused-ring (bicyclic) bond motifs is 1. The SMILES string of the molecule is COc1cccc(C2(O)CSc3nc(=O)cc(C)n32)c1. The Balaban J connectivity index is 2.19. The van der Waals surface area contributed by atoms with Crippen LogP contribution in [0.4, 0.5) is 0 Å². The molecule has 0 bridgehead atoms. The summed E-state index contributed by atoms with van der Waals surface area (Å²) in [6.45, 7) is 1.80. The maximum atomic E-state index is 11.5. The summed E-state index contributed by atoms with van der Waals surface area (Å²) >= 11 is 1.37. The second kappa shape index (κ2) is 4.64. The molecule has 3 rings (SSSR count). The van der Waals surface area contributed by atoms with Crippen molar-refractivity contribution in [1.82, 2.24) is 9.55 Å². The summed E-state index contributed by atoms with van der Waals surface area (Å²) in [5.74, 6) is 1.10. The van der Waals surface area contributed by atoms with Gasteiger partial charge in [0.25, 0.3) is 5.56 Å². The third kappa shape index (κ3) is 1.92. The van der Waals surface area contributed by atoms with Crippen LogP contribution < -0.4 is 10.3 Å². The van der Waals surface area contributed by atoms with Crippen molar-refractivity contribution in [1.29, 1.82) is 0 Å². The first-order valence-corrected chi connectivity index (χ1v) is 7.14. The lowest BCUT2D eigenvalue weighted by Gasteiger charge is -2.27. The monoisotopic (exact) mass is 290 g/mol. The highest BCUT2D eigenvalue weighted by Crippen LogP contribution is 2.40. The predicted octanol–water partition coefficient (Wildman–Crippen LogP) is 1.36. The minimum atomic E-state index is -1.21. The van der Waals surface area contributed by atoms with Crippen LogP contribution >= 0.6 is 11.8 Å². The molecular formula is C14H14N2O3S. The predicted molar refractivity (Wildman–Crippen MR) is 76.2 cm³/mol. The molecule has 1 N–H and O–H groups in total. The van der Waals surface area contributed by atoms with Crippen LogP contribution in [0.15, 0.2) is 40.3 Å². The second-order valence-electron chi connectivity index (χ2n) is 4.69. The number of hydrogen-bond donors (Lipinski definition) is 1. The second-order valence-corrected chi connectivity index (χ2v) is 5.63. The van der Waals surface area contributed by atoms with Crippen LogP contribution in [0, 0.1) is 6.92 Å². The first kappa shape index (κ1) is 13.2. The van der Waals surface area contributed by atoms with Crippen molar-refractivity contribution < 1.29 is 9.84 Å². The number of methoxy groups -OCH3 is 1. The first-order chi connectivity index (χ1) is 9.54. The molecule has 1 atom stereocenters. The molecule has 1 aromatic carbocycles. The number of aromatic nitrogens is 2. The van der Waals surface area contributed by atoms with Crippen molar-refractivity contribution in [2.24, 2.45) is 0 Å². The van der Waals surface area contributed by atoms with Crippen LogP contribution in [0.2, 0.25) is 0 Å². The fraction of sp³-hybridized carbons (Fsp3) is 0.286. The number of thioether (sulfide) groups is 1. The quantitative estimate of drug-likeness (QED) is 0.846. The van der Waals surface area contributed by atoms with Crippen molar-refractivity contribution in [3.8, 4) is 5.75 Å². The summed E-state index contributed by atoms with van der Waals surface area (Å²) in [6, 6.07) is 8.73. The number of rotatable bonds is 2. The molecule has 0 spiro atoms.